The Morgan fingerprint density at radius 3 is 2.71 bits per heavy atom. The summed E-state index contributed by atoms with van der Waals surface area (Å²) in [5.41, 5.74) is 3.88. The number of nitrogens with one attached hydrogen (secondary N) is 1. The predicted molar refractivity (Wildman–Crippen MR) is 97.6 cm³/mol. The maximum absolute atomic E-state index is 12.2. The van der Waals surface area contributed by atoms with Crippen molar-refractivity contribution in [2.24, 2.45) is 0 Å². The number of rotatable bonds is 5. The summed E-state index contributed by atoms with van der Waals surface area (Å²) in [6.07, 6.45) is 0.311. The van der Waals surface area contributed by atoms with E-state index in [1.54, 1.807) is 7.11 Å². The Labute approximate surface area is 145 Å². The van der Waals surface area contributed by atoms with Crippen molar-refractivity contribution in [3.05, 3.63) is 65.0 Å². The van der Waals surface area contributed by atoms with Gasteiger partial charge in [0.1, 0.15) is 5.75 Å². The first kappa shape index (κ1) is 16.2. The van der Waals surface area contributed by atoms with Crippen LogP contribution in [-0.2, 0) is 11.2 Å². The molecule has 0 radical (unpaired) electrons. The average Bonchev–Trinajstić information content (AvgIpc) is 3.04. The fourth-order valence-corrected chi connectivity index (χ4v) is 3.21. The smallest absolute Gasteiger partial charge is 0.230 e. The second kappa shape index (κ2) is 7.27. The number of ether oxygens (including phenoxy) is 1. The summed E-state index contributed by atoms with van der Waals surface area (Å²) < 4.78 is 5.24. The molecule has 2 aromatic carbocycles. The van der Waals surface area contributed by atoms with E-state index in [0.717, 1.165) is 28.1 Å². The highest BCUT2D eigenvalue weighted by molar-refractivity contribution is 7.14. The van der Waals surface area contributed by atoms with E-state index in [1.165, 1.54) is 11.3 Å². The van der Waals surface area contributed by atoms with Gasteiger partial charge in [0.25, 0.3) is 0 Å². The molecule has 0 aliphatic carbocycles. The Kier molecular flexibility index (Phi) is 4.91. The van der Waals surface area contributed by atoms with E-state index >= 15 is 0 Å². The number of aryl methyl sites for hydroxylation is 1. The van der Waals surface area contributed by atoms with Gasteiger partial charge in [0.05, 0.1) is 19.2 Å². The Morgan fingerprint density at radius 2 is 2.00 bits per heavy atom. The zero-order valence-electron chi connectivity index (χ0n) is 13.6. The van der Waals surface area contributed by atoms with Crippen LogP contribution in [-0.4, -0.2) is 18.0 Å². The first-order valence-corrected chi connectivity index (χ1v) is 8.48. The van der Waals surface area contributed by atoms with Crippen molar-refractivity contribution in [2.75, 3.05) is 12.4 Å². The molecule has 0 saturated carbocycles. The van der Waals surface area contributed by atoms with Crippen LogP contribution >= 0.6 is 11.3 Å². The van der Waals surface area contributed by atoms with Crippen molar-refractivity contribution in [3.8, 4) is 17.0 Å². The Bertz CT molecular complexity index is 844. The topological polar surface area (TPSA) is 51.2 Å². The number of carbonyl (C=O) groups excluding carboxylic acids is 1. The first-order chi connectivity index (χ1) is 11.7. The first-order valence-electron chi connectivity index (χ1n) is 7.60. The molecule has 3 aromatic rings. The van der Waals surface area contributed by atoms with E-state index in [0.29, 0.717) is 11.6 Å². The van der Waals surface area contributed by atoms with Crippen molar-refractivity contribution in [1.82, 2.24) is 4.98 Å². The second-order valence-electron chi connectivity index (χ2n) is 5.43. The molecule has 0 aliphatic rings. The minimum absolute atomic E-state index is 0.0754. The molecular weight excluding hydrogens is 320 g/mol. The number of benzene rings is 2. The van der Waals surface area contributed by atoms with Crippen molar-refractivity contribution >= 4 is 22.4 Å². The van der Waals surface area contributed by atoms with Gasteiger partial charge in [-0.3, -0.25) is 4.79 Å². The third kappa shape index (κ3) is 3.81. The van der Waals surface area contributed by atoms with Gasteiger partial charge in [-0.05, 0) is 24.1 Å². The Balaban J connectivity index is 1.65. The number of thiazole rings is 1. The molecule has 0 bridgehead atoms. The van der Waals surface area contributed by atoms with E-state index in [9.17, 15) is 4.79 Å². The molecule has 1 aromatic heterocycles. The molecule has 0 aliphatic heterocycles. The molecule has 24 heavy (non-hydrogen) atoms. The lowest BCUT2D eigenvalue weighted by atomic mass is 10.1. The standard InChI is InChI=1S/C19H18N2O2S/c1-13-10-14(8-9-17(13)23-2)11-18(22)21-19-20-16(12-24-19)15-6-4-3-5-7-15/h3-10,12H,11H2,1-2H3,(H,20,21,22). The van der Waals surface area contributed by atoms with Crippen LogP contribution in [0, 0.1) is 6.92 Å². The summed E-state index contributed by atoms with van der Waals surface area (Å²) in [5, 5.41) is 5.43. The number of nitrogens with zero attached hydrogens (tertiary/aromatic N) is 1. The fraction of sp³-hybridized carbons (Fsp3) is 0.158. The number of methoxy groups -OCH3 is 1. The van der Waals surface area contributed by atoms with Gasteiger partial charge in [0.2, 0.25) is 5.91 Å². The minimum Gasteiger partial charge on any atom is -0.496 e. The molecule has 0 fully saturated rings. The van der Waals surface area contributed by atoms with Gasteiger partial charge < -0.3 is 10.1 Å². The van der Waals surface area contributed by atoms with Crippen LogP contribution in [0.3, 0.4) is 0 Å². The van der Waals surface area contributed by atoms with Gasteiger partial charge in [-0.15, -0.1) is 11.3 Å². The van der Waals surface area contributed by atoms with Gasteiger partial charge in [0.15, 0.2) is 5.13 Å². The molecule has 1 N–H and O–H groups in total. The van der Waals surface area contributed by atoms with E-state index in [-0.39, 0.29) is 5.91 Å². The van der Waals surface area contributed by atoms with Crippen molar-refractivity contribution < 1.29 is 9.53 Å². The van der Waals surface area contributed by atoms with Crippen LogP contribution in [0.5, 0.6) is 5.75 Å². The maximum atomic E-state index is 12.2. The van der Waals surface area contributed by atoms with Crippen molar-refractivity contribution in [2.45, 2.75) is 13.3 Å². The summed E-state index contributed by atoms with van der Waals surface area (Å²) in [5.74, 6) is 0.750. The highest BCUT2D eigenvalue weighted by atomic mass is 32.1. The summed E-state index contributed by atoms with van der Waals surface area (Å²) in [6, 6.07) is 15.7. The van der Waals surface area contributed by atoms with Crippen LogP contribution in [0.25, 0.3) is 11.3 Å². The summed E-state index contributed by atoms with van der Waals surface area (Å²) in [7, 11) is 1.64. The van der Waals surface area contributed by atoms with Crippen LogP contribution < -0.4 is 10.1 Å². The summed E-state index contributed by atoms with van der Waals surface area (Å²) >= 11 is 1.43. The van der Waals surface area contributed by atoms with Gasteiger partial charge in [-0.2, -0.15) is 0 Å². The average molecular weight is 338 g/mol. The van der Waals surface area contributed by atoms with Crippen molar-refractivity contribution in [3.63, 3.8) is 0 Å². The summed E-state index contributed by atoms with van der Waals surface area (Å²) in [4.78, 5) is 16.7. The highest BCUT2D eigenvalue weighted by Gasteiger charge is 2.09. The summed E-state index contributed by atoms with van der Waals surface area (Å²) in [6.45, 7) is 1.97. The molecule has 1 amide bonds. The molecule has 3 rings (SSSR count). The van der Waals surface area contributed by atoms with Crippen LogP contribution in [0.4, 0.5) is 5.13 Å². The lowest BCUT2D eigenvalue weighted by Crippen LogP contribution is -2.14. The fourth-order valence-electron chi connectivity index (χ4n) is 2.47. The maximum Gasteiger partial charge on any atom is 0.230 e. The second-order valence-corrected chi connectivity index (χ2v) is 6.29. The van der Waals surface area contributed by atoms with Gasteiger partial charge in [-0.1, -0.05) is 42.5 Å². The number of hydrogen-bond acceptors (Lipinski definition) is 4. The molecular formula is C19H18N2O2S. The zero-order chi connectivity index (χ0) is 16.9. The molecule has 0 spiro atoms. The number of aromatic nitrogens is 1. The lowest BCUT2D eigenvalue weighted by molar-refractivity contribution is -0.115. The normalized spacial score (nSPS) is 10.4. The third-order valence-corrected chi connectivity index (χ3v) is 4.40. The molecule has 5 heteroatoms. The molecule has 122 valence electrons. The largest absolute Gasteiger partial charge is 0.496 e. The number of amides is 1. The van der Waals surface area contributed by atoms with Gasteiger partial charge in [0, 0.05) is 10.9 Å². The third-order valence-electron chi connectivity index (χ3n) is 3.64. The quantitative estimate of drug-likeness (QED) is 0.754. The van der Waals surface area contributed by atoms with Crippen LogP contribution in [0.1, 0.15) is 11.1 Å². The van der Waals surface area contributed by atoms with Crippen molar-refractivity contribution in [1.29, 1.82) is 0 Å². The van der Waals surface area contributed by atoms with Crippen LogP contribution in [0.2, 0.25) is 0 Å². The molecule has 1 heterocycles. The van der Waals surface area contributed by atoms with E-state index < -0.39 is 0 Å². The van der Waals surface area contributed by atoms with Gasteiger partial charge in [-0.25, -0.2) is 4.98 Å². The van der Waals surface area contributed by atoms with E-state index in [1.807, 2.05) is 60.8 Å². The number of anilines is 1. The Hall–Kier alpha value is -2.66. The molecule has 0 atom stereocenters. The monoisotopic (exact) mass is 338 g/mol. The lowest BCUT2D eigenvalue weighted by Gasteiger charge is -2.07. The zero-order valence-corrected chi connectivity index (χ0v) is 14.4. The van der Waals surface area contributed by atoms with Crippen LogP contribution in [0.15, 0.2) is 53.9 Å². The SMILES string of the molecule is COc1ccc(CC(=O)Nc2nc(-c3ccccc3)cs2)cc1C. The molecule has 4 nitrogen and oxygen atoms in total. The Morgan fingerprint density at radius 1 is 1.21 bits per heavy atom. The highest BCUT2D eigenvalue weighted by Crippen LogP contribution is 2.25. The number of carbonyl (C=O) groups is 1. The predicted octanol–water partition coefficient (Wildman–Crippen LogP) is 4.31. The van der Waals surface area contributed by atoms with E-state index in [2.05, 4.69) is 10.3 Å². The molecule has 0 saturated heterocycles. The molecule has 0 unspecified atom stereocenters. The van der Waals surface area contributed by atoms with Gasteiger partial charge >= 0.3 is 0 Å². The minimum atomic E-state index is -0.0754. The van der Waals surface area contributed by atoms with E-state index in [4.69, 9.17) is 4.74 Å². The number of hydrogen-bond donors (Lipinski definition) is 1.